The van der Waals surface area contributed by atoms with Gasteiger partial charge in [0.1, 0.15) is 0 Å². The van der Waals surface area contributed by atoms with Crippen LogP contribution in [0.3, 0.4) is 0 Å². The average Bonchev–Trinajstić information content (AvgIpc) is 3.28. The lowest BCUT2D eigenvalue weighted by atomic mass is 10.0. The summed E-state index contributed by atoms with van der Waals surface area (Å²) in [5, 5.41) is 5.40. The van der Waals surface area contributed by atoms with Crippen LogP contribution >= 0.6 is 11.6 Å². The van der Waals surface area contributed by atoms with E-state index in [-0.39, 0.29) is 11.7 Å². The summed E-state index contributed by atoms with van der Waals surface area (Å²) in [5.74, 6) is -0.971. The number of hydrogen-bond donors (Lipinski definition) is 2. The fourth-order valence-corrected chi connectivity index (χ4v) is 3.39. The molecule has 2 aromatic heterocycles. The Labute approximate surface area is 184 Å². The van der Waals surface area contributed by atoms with Gasteiger partial charge in [-0.2, -0.15) is 5.10 Å². The lowest BCUT2D eigenvalue weighted by molar-refractivity contribution is 0.0844. The van der Waals surface area contributed by atoms with E-state index in [4.69, 9.17) is 11.6 Å². The predicted molar refractivity (Wildman–Crippen MR) is 120 cm³/mol. The van der Waals surface area contributed by atoms with Gasteiger partial charge in [-0.1, -0.05) is 48.0 Å². The van der Waals surface area contributed by atoms with Crippen molar-refractivity contribution in [1.29, 1.82) is 0 Å². The molecule has 0 aliphatic rings. The summed E-state index contributed by atoms with van der Waals surface area (Å²) in [4.78, 5) is 30.0. The molecule has 4 aromatic rings. The van der Waals surface area contributed by atoms with Gasteiger partial charge in [0.25, 0.3) is 11.8 Å². The van der Waals surface area contributed by atoms with Crippen LogP contribution in [0.2, 0.25) is 5.02 Å². The van der Waals surface area contributed by atoms with E-state index in [2.05, 4.69) is 20.9 Å². The van der Waals surface area contributed by atoms with Crippen LogP contribution in [0.15, 0.2) is 66.9 Å². The molecule has 0 atom stereocenters. The SMILES string of the molecule is CC(C)n1ccc(C(=O)NNC(=O)c2cc(-c3ccccc3Cl)nc3ccccc23)n1. The Morgan fingerprint density at radius 2 is 1.68 bits per heavy atom. The Bertz CT molecular complexity index is 1280. The van der Waals surface area contributed by atoms with Gasteiger partial charge in [-0.25, -0.2) is 4.98 Å². The molecular formula is C23H20ClN5O2. The molecule has 4 rings (SSSR count). The molecule has 31 heavy (non-hydrogen) atoms. The smallest absolute Gasteiger partial charge is 0.269 e. The van der Waals surface area contributed by atoms with Crippen LogP contribution < -0.4 is 10.9 Å². The van der Waals surface area contributed by atoms with Crippen LogP contribution in [0.25, 0.3) is 22.2 Å². The molecule has 0 saturated heterocycles. The van der Waals surface area contributed by atoms with Crippen molar-refractivity contribution in [3.05, 3.63) is 83.1 Å². The quantitative estimate of drug-likeness (QED) is 0.466. The van der Waals surface area contributed by atoms with Crippen LogP contribution in [0.5, 0.6) is 0 Å². The van der Waals surface area contributed by atoms with Crippen molar-refractivity contribution in [2.45, 2.75) is 19.9 Å². The highest BCUT2D eigenvalue weighted by molar-refractivity contribution is 6.33. The first-order valence-electron chi connectivity index (χ1n) is 9.74. The molecule has 2 heterocycles. The van der Waals surface area contributed by atoms with Crippen LogP contribution in [-0.2, 0) is 0 Å². The predicted octanol–water partition coefficient (Wildman–Crippen LogP) is 4.41. The number of fused-ring (bicyclic) bond motifs is 1. The van der Waals surface area contributed by atoms with Gasteiger partial charge in [0.05, 0.1) is 16.8 Å². The number of benzene rings is 2. The number of carbonyl (C=O) groups excluding carboxylic acids is 2. The van der Waals surface area contributed by atoms with Gasteiger partial charge in [-0.05, 0) is 38.1 Å². The number of para-hydroxylation sites is 1. The van der Waals surface area contributed by atoms with Crippen molar-refractivity contribution in [2.75, 3.05) is 0 Å². The number of pyridine rings is 1. The molecule has 0 bridgehead atoms. The minimum absolute atomic E-state index is 0.127. The molecule has 156 valence electrons. The molecule has 0 aliphatic carbocycles. The lowest BCUT2D eigenvalue weighted by Gasteiger charge is -2.11. The van der Waals surface area contributed by atoms with Crippen LogP contribution in [0.4, 0.5) is 0 Å². The van der Waals surface area contributed by atoms with Crippen molar-refractivity contribution in [3.63, 3.8) is 0 Å². The molecule has 2 amide bonds. The normalized spacial score (nSPS) is 11.0. The highest BCUT2D eigenvalue weighted by Crippen LogP contribution is 2.29. The lowest BCUT2D eigenvalue weighted by Crippen LogP contribution is -2.42. The summed E-state index contributed by atoms with van der Waals surface area (Å²) in [5.41, 5.74) is 7.41. The molecule has 2 N–H and O–H groups in total. The van der Waals surface area contributed by atoms with E-state index >= 15 is 0 Å². The number of hydrogen-bond acceptors (Lipinski definition) is 4. The third kappa shape index (κ3) is 4.27. The zero-order chi connectivity index (χ0) is 22.0. The maximum absolute atomic E-state index is 13.0. The summed E-state index contributed by atoms with van der Waals surface area (Å²) in [6.07, 6.45) is 1.72. The van der Waals surface area contributed by atoms with E-state index in [0.29, 0.717) is 32.7 Å². The van der Waals surface area contributed by atoms with Gasteiger partial charge < -0.3 is 0 Å². The molecule has 0 unspecified atom stereocenters. The average molecular weight is 434 g/mol. The highest BCUT2D eigenvalue weighted by Gasteiger charge is 2.17. The van der Waals surface area contributed by atoms with Crippen molar-refractivity contribution < 1.29 is 9.59 Å². The third-order valence-electron chi connectivity index (χ3n) is 4.77. The topological polar surface area (TPSA) is 88.9 Å². The van der Waals surface area contributed by atoms with Crippen molar-refractivity contribution >= 4 is 34.3 Å². The minimum Gasteiger partial charge on any atom is -0.269 e. The summed E-state index contributed by atoms with van der Waals surface area (Å²) in [7, 11) is 0. The number of nitrogens with zero attached hydrogens (tertiary/aromatic N) is 3. The maximum atomic E-state index is 13.0. The minimum atomic E-state index is -0.502. The molecule has 8 heteroatoms. The zero-order valence-corrected chi connectivity index (χ0v) is 17.7. The monoisotopic (exact) mass is 433 g/mol. The maximum Gasteiger partial charge on any atom is 0.290 e. The van der Waals surface area contributed by atoms with E-state index in [1.54, 1.807) is 35.1 Å². The number of nitrogens with one attached hydrogen (secondary N) is 2. The number of hydrazine groups is 1. The van der Waals surface area contributed by atoms with E-state index in [1.165, 1.54) is 0 Å². The fraction of sp³-hybridized carbons (Fsp3) is 0.130. The van der Waals surface area contributed by atoms with Crippen molar-refractivity contribution in [3.8, 4) is 11.3 Å². The molecule has 0 fully saturated rings. The Morgan fingerprint density at radius 3 is 2.42 bits per heavy atom. The standard InChI is InChI=1S/C23H20ClN5O2/c1-14(2)29-12-11-20(28-29)23(31)27-26-22(30)17-13-21(16-8-3-5-9-18(16)24)25-19-10-6-4-7-15(17)19/h3-14H,1-2H3,(H,26,30)(H,27,31). The van der Waals surface area contributed by atoms with Crippen molar-refractivity contribution in [1.82, 2.24) is 25.6 Å². The number of amides is 2. The molecule has 0 radical (unpaired) electrons. The molecule has 0 aliphatic heterocycles. The largest absolute Gasteiger partial charge is 0.290 e. The first-order chi connectivity index (χ1) is 14.9. The first kappa shape index (κ1) is 20.6. The van der Waals surface area contributed by atoms with Crippen LogP contribution in [-0.4, -0.2) is 26.6 Å². The Kier molecular flexibility index (Phi) is 5.68. The summed E-state index contributed by atoms with van der Waals surface area (Å²) < 4.78 is 1.67. The second-order valence-electron chi connectivity index (χ2n) is 7.24. The molecule has 0 spiro atoms. The van der Waals surface area contributed by atoms with E-state index in [0.717, 1.165) is 0 Å². The van der Waals surface area contributed by atoms with Gasteiger partial charge in [-0.3, -0.25) is 25.1 Å². The van der Waals surface area contributed by atoms with Gasteiger partial charge in [-0.15, -0.1) is 0 Å². The van der Waals surface area contributed by atoms with Gasteiger partial charge in [0.15, 0.2) is 5.69 Å². The van der Waals surface area contributed by atoms with E-state index in [9.17, 15) is 9.59 Å². The Morgan fingerprint density at radius 1 is 0.968 bits per heavy atom. The van der Waals surface area contributed by atoms with Crippen LogP contribution in [0, 0.1) is 0 Å². The first-order valence-corrected chi connectivity index (χ1v) is 10.1. The third-order valence-corrected chi connectivity index (χ3v) is 5.10. The summed E-state index contributed by atoms with van der Waals surface area (Å²) in [6, 6.07) is 18.0. The van der Waals surface area contributed by atoms with E-state index in [1.807, 2.05) is 50.2 Å². The zero-order valence-electron chi connectivity index (χ0n) is 17.0. The second-order valence-corrected chi connectivity index (χ2v) is 7.64. The molecule has 7 nitrogen and oxygen atoms in total. The number of carbonyl (C=O) groups is 2. The number of halogens is 1. The number of rotatable bonds is 4. The number of aromatic nitrogens is 3. The van der Waals surface area contributed by atoms with Crippen LogP contribution in [0.1, 0.15) is 40.7 Å². The Balaban J connectivity index is 1.62. The van der Waals surface area contributed by atoms with E-state index < -0.39 is 11.8 Å². The van der Waals surface area contributed by atoms with Gasteiger partial charge in [0.2, 0.25) is 0 Å². The Hall–Kier alpha value is -3.71. The van der Waals surface area contributed by atoms with Gasteiger partial charge in [0, 0.05) is 28.2 Å². The second kappa shape index (κ2) is 8.57. The van der Waals surface area contributed by atoms with Gasteiger partial charge >= 0.3 is 0 Å². The fourth-order valence-electron chi connectivity index (χ4n) is 3.16. The summed E-state index contributed by atoms with van der Waals surface area (Å²) in [6.45, 7) is 3.92. The molecular weight excluding hydrogens is 414 g/mol. The molecule has 2 aromatic carbocycles. The summed E-state index contributed by atoms with van der Waals surface area (Å²) >= 11 is 6.33. The highest BCUT2D eigenvalue weighted by atomic mass is 35.5. The molecule has 0 saturated carbocycles. The van der Waals surface area contributed by atoms with Crippen molar-refractivity contribution in [2.24, 2.45) is 0 Å².